The van der Waals surface area contributed by atoms with Crippen molar-refractivity contribution >= 4 is 21.9 Å². The van der Waals surface area contributed by atoms with E-state index in [4.69, 9.17) is 15.8 Å². The van der Waals surface area contributed by atoms with E-state index < -0.39 is 16.4 Å². The molecular formula is C12H22ClNO3S. The van der Waals surface area contributed by atoms with Gasteiger partial charge < -0.3 is 0 Å². The molecule has 0 bridgehead atoms. The fourth-order valence-corrected chi connectivity index (χ4v) is 3.64. The van der Waals surface area contributed by atoms with E-state index in [-0.39, 0.29) is 5.38 Å². The summed E-state index contributed by atoms with van der Waals surface area (Å²) in [6, 6.07) is 0. The third-order valence-electron chi connectivity index (χ3n) is 3.06. The molecule has 0 amide bonds. The van der Waals surface area contributed by atoms with Gasteiger partial charge in [0.05, 0.1) is 11.5 Å². The van der Waals surface area contributed by atoms with Gasteiger partial charge >= 0.3 is 10.3 Å². The summed E-state index contributed by atoms with van der Waals surface area (Å²) in [5, 5.41) is -0.250. The van der Waals surface area contributed by atoms with Crippen molar-refractivity contribution in [2.75, 3.05) is 13.1 Å². The largest absolute Gasteiger partial charge is 0.338 e. The van der Waals surface area contributed by atoms with E-state index in [0.29, 0.717) is 19.5 Å². The van der Waals surface area contributed by atoms with E-state index in [1.54, 1.807) is 13.8 Å². The number of allylic oxidation sites excluding steroid dienone is 2. The maximum Gasteiger partial charge on any atom is 0.338 e. The summed E-state index contributed by atoms with van der Waals surface area (Å²) >= 11 is 6.21. The minimum absolute atomic E-state index is 0.250. The molecule has 2 atom stereocenters. The molecule has 6 heteroatoms. The SMILES string of the molecule is CCN(CC)S(=O)(=O)OC1CCC=CCCC1Cl. The highest BCUT2D eigenvalue weighted by Gasteiger charge is 2.29. The van der Waals surface area contributed by atoms with Crippen LogP contribution in [0.2, 0.25) is 0 Å². The van der Waals surface area contributed by atoms with Crippen molar-refractivity contribution in [3.8, 4) is 0 Å². The molecular weight excluding hydrogens is 274 g/mol. The molecule has 0 N–H and O–H groups in total. The topological polar surface area (TPSA) is 46.6 Å². The standard InChI is InChI=1S/C12H22ClNO3S/c1-3-14(4-2)18(15,16)17-12-10-8-6-5-7-9-11(12)13/h5-6,11-12H,3-4,7-10H2,1-2H3. The van der Waals surface area contributed by atoms with Crippen molar-refractivity contribution in [3.05, 3.63) is 12.2 Å². The Kier molecular flexibility index (Phi) is 6.63. The Morgan fingerprint density at radius 2 is 1.78 bits per heavy atom. The van der Waals surface area contributed by atoms with Crippen LogP contribution in [0.15, 0.2) is 12.2 Å². The Labute approximate surface area is 115 Å². The van der Waals surface area contributed by atoms with E-state index in [1.807, 2.05) is 0 Å². The second-order valence-electron chi connectivity index (χ2n) is 4.32. The summed E-state index contributed by atoms with van der Waals surface area (Å²) in [6.07, 6.45) is 6.79. The van der Waals surface area contributed by atoms with Crippen molar-refractivity contribution in [3.63, 3.8) is 0 Å². The zero-order chi connectivity index (χ0) is 13.6. The predicted molar refractivity (Wildman–Crippen MR) is 74.0 cm³/mol. The highest BCUT2D eigenvalue weighted by Crippen LogP contribution is 2.23. The molecule has 1 rings (SSSR count). The maximum atomic E-state index is 12.0. The zero-order valence-corrected chi connectivity index (χ0v) is 12.6. The Morgan fingerprint density at radius 1 is 1.22 bits per heavy atom. The molecule has 0 aromatic rings. The summed E-state index contributed by atoms with van der Waals surface area (Å²) in [7, 11) is -3.66. The van der Waals surface area contributed by atoms with Crippen LogP contribution in [0.5, 0.6) is 0 Å². The van der Waals surface area contributed by atoms with E-state index in [2.05, 4.69) is 12.2 Å². The smallest absolute Gasteiger partial charge is 0.253 e. The van der Waals surface area contributed by atoms with E-state index in [0.717, 1.165) is 19.3 Å². The van der Waals surface area contributed by atoms with Gasteiger partial charge in [-0.25, -0.2) is 0 Å². The Morgan fingerprint density at radius 3 is 2.33 bits per heavy atom. The van der Waals surface area contributed by atoms with Gasteiger partial charge in [0.2, 0.25) is 0 Å². The Hall–Kier alpha value is -0.100. The summed E-state index contributed by atoms with van der Waals surface area (Å²) in [5.74, 6) is 0. The van der Waals surface area contributed by atoms with Crippen molar-refractivity contribution in [2.24, 2.45) is 0 Å². The van der Waals surface area contributed by atoms with E-state index >= 15 is 0 Å². The molecule has 0 radical (unpaired) electrons. The van der Waals surface area contributed by atoms with Crippen LogP contribution in [-0.2, 0) is 14.5 Å². The molecule has 0 heterocycles. The average Bonchev–Trinajstić information content (AvgIpc) is 2.30. The molecule has 1 aliphatic rings. The van der Waals surface area contributed by atoms with Crippen molar-refractivity contribution in [1.29, 1.82) is 0 Å². The van der Waals surface area contributed by atoms with E-state index in [9.17, 15) is 8.42 Å². The van der Waals surface area contributed by atoms with Gasteiger partial charge in [0.25, 0.3) is 0 Å². The van der Waals surface area contributed by atoms with Crippen LogP contribution < -0.4 is 0 Å². The normalized spacial score (nSPS) is 26.0. The minimum Gasteiger partial charge on any atom is -0.253 e. The monoisotopic (exact) mass is 295 g/mol. The van der Waals surface area contributed by atoms with Crippen LogP contribution in [0, 0.1) is 0 Å². The average molecular weight is 296 g/mol. The number of rotatable bonds is 5. The van der Waals surface area contributed by atoms with Crippen LogP contribution in [0.4, 0.5) is 0 Å². The van der Waals surface area contributed by atoms with Crippen molar-refractivity contribution < 1.29 is 12.6 Å². The molecule has 2 unspecified atom stereocenters. The van der Waals surface area contributed by atoms with Gasteiger partial charge in [0.15, 0.2) is 0 Å². The number of hydrogen-bond donors (Lipinski definition) is 0. The Bertz CT molecular complexity index is 366. The lowest BCUT2D eigenvalue weighted by Gasteiger charge is -2.26. The first-order chi connectivity index (χ1) is 8.51. The lowest BCUT2D eigenvalue weighted by molar-refractivity contribution is 0.169. The van der Waals surface area contributed by atoms with Gasteiger partial charge in [0, 0.05) is 13.1 Å². The second kappa shape index (κ2) is 7.48. The van der Waals surface area contributed by atoms with Crippen LogP contribution in [0.3, 0.4) is 0 Å². The molecule has 106 valence electrons. The number of alkyl halides is 1. The predicted octanol–water partition coefficient (Wildman–Crippen LogP) is 2.70. The first-order valence-corrected chi connectivity index (χ1v) is 8.28. The molecule has 0 fully saturated rings. The maximum absolute atomic E-state index is 12.0. The first kappa shape index (κ1) is 16.0. The first-order valence-electron chi connectivity index (χ1n) is 6.48. The molecule has 0 aromatic heterocycles. The number of nitrogens with zero attached hydrogens (tertiary/aromatic N) is 1. The summed E-state index contributed by atoms with van der Waals surface area (Å²) in [5.41, 5.74) is 0. The fraction of sp³-hybridized carbons (Fsp3) is 0.833. The molecule has 0 aliphatic heterocycles. The molecule has 0 spiro atoms. The number of halogens is 1. The highest BCUT2D eigenvalue weighted by molar-refractivity contribution is 7.84. The van der Waals surface area contributed by atoms with Crippen molar-refractivity contribution in [2.45, 2.75) is 51.0 Å². The molecule has 0 saturated carbocycles. The summed E-state index contributed by atoms with van der Waals surface area (Å²) < 4.78 is 30.7. The fourth-order valence-electron chi connectivity index (χ4n) is 1.98. The third-order valence-corrected chi connectivity index (χ3v) is 5.20. The Balaban J connectivity index is 2.71. The molecule has 1 aliphatic carbocycles. The summed E-state index contributed by atoms with van der Waals surface area (Å²) in [4.78, 5) is 0. The van der Waals surface area contributed by atoms with Crippen LogP contribution in [0.25, 0.3) is 0 Å². The third kappa shape index (κ3) is 4.53. The number of hydrogen-bond acceptors (Lipinski definition) is 3. The zero-order valence-electron chi connectivity index (χ0n) is 11.0. The van der Waals surface area contributed by atoms with Gasteiger partial charge in [-0.15, -0.1) is 11.6 Å². The summed E-state index contributed by atoms with van der Waals surface area (Å²) in [6.45, 7) is 4.42. The van der Waals surface area contributed by atoms with E-state index in [1.165, 1.54) is 4.31 Å². The second-order valence-corrected chi connectivity index (χ2v) is 6.44. The lowest BCUT2D eigenvalue weighted by Crippen LogP contribution is -2.37. The molecule has 4 nitrogen and oxygen atoms in total. The lowest BCUT2D eigenvalue weighted by atomic mass is 10.0. The highest BCUT2D eigenvalue weighted by atomic mass is 35.5. The quantitative estimate of drug-likeness (QED) is 0.579. The van der Waals surface area contributed by atoms with Crippen LogP contribution in [0.1, 0.15) is 39.5 Å². The van der Waals surface area contributed by atoms with Gasteiger partial charge in [-0.05, 0) is 25.7 Å². The van der Waals surface area contributed by atoms with Crippen LogP contribution in [-0.4, -0.2) is 37.3 Å². The van der Waals surface area contributed by atoms with Crippen molar-refractivity contribution in [1.82, 2.24) is 4.31 Å². The molecule has 0 saturated heterocycles. The van der Waals surface area contributed by atoms with Gasteiger partial charge in [-0.1, -0.05) is 26.0 Å². The van der Waals surface area contributed by atoms with Gasteiger partial charge in [0.1, 0.15) is 0 Å². The van der Waals surface area contributed by atoms with Gasteiger partial charge in [-0.2, -0.15) is 12.7 Å². The van der Waals surface area contributed by atoms with Gasteiger partial charge in [-0.3, -0.25) is 4.18 Å². The molecule has 18 heavy (non-hydrogen) atoms. The minimum atomic E-state index is -3.66. The van der Waals surface area contributed by atoms with Crippen LogP contribution >= 0.6 is 11.6 Å². The molecule has 0 aromatic carbocycles.